The SMILES string of the molecule is CC/C=C\C[C@H](O)/C=C/C=C\C=C\[C@H](O)C/C=C\C/C=C\CCC(=O)O[C@@H](CO)COC(=O)CCCCCCCCCCCC. The number of hydrogen-bond donors (Lipinski definition) is 3. The van der Waals surface area contributed by atoms with E-state index in [4.69, 9.17) is 9.47 Å². The minimum absolute atomic E-state index is 0.130. The van der Waals surface area contributed by atoms with E-state index in [0.717, 1.165) is 25.7 Å². The first-order valence-electron chi connectivity index (χ1n) is 17.2. The van der Waals surface area contributed by atoms with Gasteiger partial charge >= 0.3 is 11.9 Å². The molecule has 0 saturated carbocycles. The van der Waals surface area contributed by atoms with Gasteiger partial charge < -0.3 is 24.8 Å². The fourth-order valence-corrected chi connectivity index (χ4v) is 4.28. The van der Waals surface area contributed by atoms with E-state index in [1.54, 1.807) is 30.4 Å². The largest absolute Gasteiger partial charge is 0.462 e. The van der Waals surface area contributed by atoms with Gasteiger partial charge in [0.15, 0.2) is 6.10 Å². The fraction of sp³-hybridized carbons (Fsp3) is 0.632. The molecule has 0 aromatic heterocycles. The second-order valence-corrected chi connectivity index (χ2v) is 11.3. The molecule has 0 fully saturated rings. The van der Waals surface area contributed by atoms with Crippen LogP contribution in [0.1, 0.15) is 123 Å². The highest BCUT2D eigenvalue weighted by atomic mass is 16.6. The minimum atomic E-state index is -0.848. The minimum Gasteiger partial charge on any atom is -0.462 e. The zero-order chi connectivity index (χ0) is 33.2. The molecule has 0 aromatic carbocycles. The molecule has 3 atom stereocenters. The van der Waals surface area contributed by atoms with Crippen molar-refractivity contribution >= 4 is 11.9 Å². The average Bonchev–Trinajstić information content (AvgIpc) is 3.03. The Balaban J connectivity index is 3.92. The number of allylic oxidation sites excluding steroid dienone is 8. The Morgan fingerprint density at radius 3 is 1.78 bits per heavy atom. The van der Waals surface area contributed by atoms with Crippen molar-refractivity contribution in [1.82, 2.24) is 0 Å². The van der Waals surface area contributed by atoms with E-state index in [2.05, 4.69) is 13.8 Å². The van der Waals surface area contributed by atoms with Crippen molar-refractivity contribution in [1.29, 1.82) is 0 Å². The highest BCUT2D eigenvalue weighted by molar-refractivity contribution is 5.70. The monoisotopic (exact) mass is 630 g/mol. The molecule has 0 aromatic rings. The lowest BCUT2D eigenvalue weighted by atomic mass is 10.1. The van der Waals surface area contributed by atoms with E-state index in [-0.39, 0.29) is 19.0 Å². The van der Waals surface area contributed by atoms with E-state index in [9.17, 15) is 24.9 Å². The van der Waals surface area contributed by atoms with Crippen LogP contribution in [0.4, 0.5) is 0 Å². The van der Waals surface area contributed by atoms with Crippen LogP contribution in [-0.4, -0.2) is 58.8 Å². The van der Waals surface area contributed by atoms with Crippen LogP contribution in [-0.2, 0) is 19.1 Å². The highest BCUT2D eigenvalue weighted by Crippen LogP contribution is 2.12. The summed E-state index contributed by atoms with van der Waals surface area (Å²) in [5.74, 6) is -0.767. The molecule has 45 heavy (non-hydrogen) atoms. The standard InChI is InChI=1S/C38H62O7/c1-3-5-7-8-9-10-11-12-16-24-30-37(42)44-33-36(32-39)45-38(43)31-25-17-14-13-15-21-27-35(41)29-23-19-18-22-28-34(40)26-20-6-4-2/h6,14-15,17-23,28-29,34-36,39-41H,3-5,7-13,16,24-27,30-33H2,1-2H3/b17-14-,19-18-,20-6-,21-15-,28-22+,29-23+/t34-,35+,36-/m0/s1. The summed E-state index contributed by atoms with van der Waals surface area (Å²) in [6, 6.07) is 0. The summed E-state index contributed by atoms with van der Waals surface area (Å²) >= 11 is 0. The first-order valence-corrected chi connectivity index (χ1v) is 17.2. The van der Waals surface area contributed by atoms with Gasteiger partial charge in [0.2, 0.25) is 0 Å². The van der Waals surface area contributed by atoms with Crippen LogP contribution in [0, 0.1) is 0 Å². The van der Waals surface area contributed by atoms with Gasteiger partial charge in [0.25, 0.3) is 0 Å². The van der Waals surface area contributed by atoms with Crippen LogP contribution in [0.5, 0.6) is 0 Å². The summed E-state index contributed by atoms with van der Waals surface area (Å²) in [6.07, 6.45) is 36.1. The van der Waals surface area contributed by atoms with Crippen LogP contribution in [0.3, 0.4) is 0 Å². The molecule has 0 aliphatic heterocycles. The summed E-state index contributed by atoms with van der Waals surface area (Å²) in [5, 5.41) is 29.3. The molecule has 7 nitrogen and oxygen atoms in total. The number of unbranched alkanes of at least 4 members (excludes halogenated alkanes) is 9. The van der Waals surface area contributed by atoms with Crippen molar-refractivity contribution in [2.24, 2.45) is 0 Å². The van der Waals surface area contributed by atoms with Gasteiger partial charge in [0.05, 0.1) is 18.8 Å². The normalized spacial score (nSPS) is 14.5. The van der Waals surface area contributed by atoms with Gasteiger partial charge in [-0.25, -0.2) is 0 Å². The van der Waals surface area contributed by atoms with E-state index >= 15 is 0 Å². The van der Waals surface area contributed by atoms with E-state index < -0.39 is 30.9 Å². The quantitative estimate of drug-likeness (QED) is 0.0331. The molecule has 0 aliphatic rings. The van der Waals surface area contributed by atoms with Crippen molar-refractivity contribution in [3.05, 3.63) is 72.9 Å². The topological polar surface area (TPSA) is 113 Å². The molecule has 0 saturated heterocycles. The lowest BCUT2D eigenvalue weighted by Gasteiger charge is -2.15. The second kappa shape index (κ2) is 32.6. The third kappa shape index (κ3) is 31.0. The molecule has 0 rings (SSSR count). The molecule has 0 heterocycles. The van der Waals surface area contributed by atoms with E-state index in [1.807, 2.05) is 42.5 Å². The molecule has 0 unspecified atom stereocenters. The Morgan fingerprint density at radius 2 is 1.20 bits per heavy atom. The van der Waals surface area contributed by atoms with Crippen LogP contribution >= 0.6 is 0 Å². The lowest BCUT2D eigenvalue weighted by molar-refractivity contribution is -0.161. The Morgan fingerprint density at radius 1 is 0.644 bits per heavy atom. The number of esters is 2. The molecule has 0 amide bonds. The Hall–Kier alpha value is -2.74. The zero-order valence-electron chi connectivity index (χ0n) is 28.1. The predicted molar refractivity (Wildman–Crippen MR) is 185 cm³/mol. The van der Waals surface area contributed by atoms with E-state index in [0.29, 0.717) is 32.1 Å². The van der Waals surface area contributed by atoms with Gasteiger partial charge in [-0.2, -0.15) is 0 Å². The maximum atomic E-state index is 12.1. The van der Waals surface area contributed by atoms with Gasteiger partial charge in [-0.1, -0.05) is 145 Å². The Kier molecular flexibility index (Phi) is 30.7. The summed E-state index contributed by atoms with van der Waals surface area (Å²) in [4.78, 5) is 24.1. The molecule has 7 heteroatoms. The number of rotatable bonds is 29. The van der Waals surface area contributed by atoms with Crippen molar-refractivity contribution in [3.63, 3.8) is 0 Å². The summed E-state index contributed by atoms with van der Waals surface area (Å²) in [6.45, 7) is 3.76. The first kappa shape index (κ1) is 42.3. The zero-order valence-corrected chi connectivity index (χ0v) is 28.1. The molecule has 0 radical (unpaired) electrons. The number of ether oxygens (including phenoxy) is 2. The van der Waals surface area contributed by atoms with Gasteiger partial charge in [-0.3, -0.25) is 9.59 Å². The number of hydrogen-bond acceptors (Lipinski definition) is 7. The Labute approximate surface area is 273 Å². The fourth-order valence-electron chi connectivity index (χ4n) is 4.28. The summed E-state index contributed by atoms with van der Waals surface area (Å²) in [5.41, 5.74) is 0. The average molecular weight is 631 g/mol. The number of aliphatic hydroxyl groups is 3. The summed E-state index contributed by atoms with van der Waals surface area (Å²) in [7, 11) is 0. The van der Waals surface area contributed by atoms with Crippen molar-refractivity contribution in [3.8, 4) is 0 Å². The molecule has 3 N–H and O–H groups in total. The lowest BCUT2D eigenvalue weighted by Crippen LogP contribution is -2.28. The molecular weight excluding hydrogens is 568 g/mol. The number of carbonyl (C=O) groups excluding carboxylic acids is 2. The third-order valence-electron chi connectivity index (χ3n) is 6.94. The molecular formula is C38H62O7. The molecule has 256 valence electrons. The van der Waals surface area contributed by atoms with Crippen LogP contribution in [0.2, 0.25) is 0 Å². The van der Waals surface area contributed by atoms with Gasteiger partial charge in [-0.05, 0) is 38.5 Å². The van der Waals surface area contributed by atoms with E-state index in [1.165, 1.54) is 44.9 Å². The third-order valence-corrected chi connectivity index (χ3v) is 6.94. The second-order valence-electron chi connectivity index (χ2n) is 11.3. The highest BCUT2D eigenvalue weighted by Gasteiger charge is 2.15. The Bertz CT molecular complexity index is 885. The predicted octanol–water partition coefficient (Wildman–Crippen LogP) is 8.16. The smallest absolute Gasteiger partial charge is 0.306 e. The van der Waals surface area contributed by atoms with Gasteiger partial charge in [0.1, 0.15) is 6.61 Å². The van der Waals surface area contributed by atoms with Crippen LogP contribution in [0.15, 0.2) is 72.9 Å². The molecule has 0 spiro atoms. The van der Waals surface area contributed by atoms with Crippen molar-refractivity contribution in [2.75, 3.05) is 13.2 Å². The number of carbonyl (C=O) groups is 2. The maximum absolute atomic E-state index is 12.1. The molecule has 0 aliphatic carbocycles. The first-order chi connectivity index (χ1) is 21.9. The molecule has 0 bridgehead atoms. The summed E-state index contributed by atoms with van der Waals surface area (Å²) < 4.78 is 10.4. The maximum Gasteiger partial charge on any atom is 0.306 e. The van der Waals surface area contributed by atoms with Gasteiger partial charge in [-0.15, -0.1) is 0 Å². The van der Waals surface area contributed by atoms with Crippen LogP contribution in [0.25, 0.3) is 0 Å². The van der Waals surface area contributed by atoms with Crippen molar-refractivity contribution < 1.29 is 34.4 Å². The van der Waals surface area contributed by atoms with Crippen molar-refractivity contribution in [2.45, 2.75) is 141 Å². The number of aliphatic hydroxyl groups excluding tert-OH is 3. The van der Waals surface area contributed by atoms with Crippen LogP contribution < -0.4 is 0 Å². The van der Waals surface area contributed by atoms with Gasteiger partial charge in [0, 0.05) is 12.8 Å².